The summed E-state index contributed by atoms with van der Waals surface area (Å²) in [6.45, 7) is 4.06. The van der Waals surface area contributed by atoms with Gasteiger partial charge in [-0.1, -0.05) is 24.3 Å². The molecule has 7 nitrogen and oxygen atoms in total. The van der Waals surface area contributed by atoms with E-state index in [4.69, 9.17) is 0 Å². The number of hydrogen-bond donors (Lipinski definition) is 1. The zero-order valence-corrected chi connectivity index (χ0v) is 17.8. The number of hydrogen-bond acceptors (Lipinski definition) is 5. The van der Waals surface area contributed by atoms with Crippen molar-refractivity contribution in [1.82, 2.24) is 19.8 Å². The molecule has 3 aromatic rings. The second kappa shape index (κ2) is 8.84. The van der Waals surface area contributed by atoms with Gasteiger partial charge in [0.15, 0.2) is 12.1 Å². The van der Waals surface area contributed by atoms with Gasteiger partial charge < -0.3 is 14.9 Å². The van der Waals surface area contributed by atoms with Crippen LogP contribution in [0.2, 0.25) is 0 Å². The molecule has 1 aromatic heterocycles. The molecule has 2 heterocycles. The van der Waals surface area contributed by atoms with Crippen molar-refractivity contribution >= 4 is 11.8 Å². The maximum absolute atomic E-state index is 14.7. The Hall–Kier alpha value is -3.65. The van der Waals surface area contributed by atoms with Crippen LogP contribution in [-0.4, -0.2) is 55.8 Å². The molecular formula is C24H23FN4O3. The Balaban J connectivity index is 1.61. The number of fused-ring (bicyclic) bond motifs is 1. The van der Waals surface area contributed by atoms with Gasteiger partial charge in [0.1, 0.15) is 5.82 Å². The highest BCUT2D eigenvalue weighted by molar-refractivity contribution is 6.01. The molecule has 4 rings (SSSR count). The van der Waals surface area contributed by atoms with Crippen molar-refractivity contribution in [3.8, 4) is 11.4 Å². The van der Waals surface area contributed by atoms with Crippen LogP contribution in [0.5, 0.6) is 0 Å². The number of amides is 2. The fraction of sp³-hybridized carbons (Fsp3) is 0.250. The van der Waals surface area contributed by atoms with Gasteiger partial charge >= 0.3 is 0 Å². The van der Waals surface area contributed by atoms with E-state index in [1.807, 2.05) is 6.92 Å². The molecule has 0 bridgehead atoms. The SMILES string of the molecule is CCN(C(=O)c1cccc(F)c1-c1ncccn1)[C@@H](C)CN1C(=O)c2ccccc2C1O. The van der Waals surface area contributed by atoms with Gasteiger partial charge in [-0.15, -0.1) is 0 Å². The molecule has 2 atom stereocenters. The predicted molar refractivity (Wildman–Crippen MR) is 116 cm³/mol. The Morgan fingerprint density at radius 3 is 2.56 bits per heavy atom. The number of halogens is 1. The largest absolute Gasteiger partial charge is 0.369 e. The van der Waals surface area contributed by atoms with E-state index in [1.54, 1.807) is 42.2 Å². The van der Waals surface area contributed by atoms with Gasteiger partial charge in [-0.3, -0.25) is 9.59 Å². The van der Waals surface area contributed by atoms with Crippen molar-refractivity contribution in [2.24, 2.45) is 0 Å². The fourth-order valence-corrected chi connectivity index (χ4v) is 4.08. The summed E-state index contributed by atoms with van der Waals surface area (Å²) in [6, 6.07) is 12.3. The standard InChI is InChI=1S/C24H23FN4O3/c1-3-28(15(2)14-29-22(30)16-8-4-5-9-17(16)23(29)31)24(32)18-10-6-11-19(25)20(18)21-26-12-7-13-27-21/h4-13,15,22,30H,3,14H2,1-2H3/t15-,22?/m0/s1. The highest BCUT2D eigenvalue weighted by Gasteiger charge is 2.37. The molecule has 164 valence electrons. The highest BCUT2D eigenvalue weighted by atomic mass is 19.1. The Bertz CT molecular complexity index is 1150. The average Bonchev–Trinajstić information content (AvgIpc) is 3.05. The second-order valence-corrected chi connectivity index (χ2v) is 7.59. The number of carbonyl (C=O) groups is 2. The van der Waals surface area contributed by atoms with Gasteiger partial charge in [0.2, 0.25) is 0 Å². The Morgan fingerprint density at radius 2 is 1.88 bits per heavy atom. The molecule has 0 saturated heterocycles. The first-order chi connectivity index (χ1) is 15.4. The molecule has 0 spiro atoms. The first kappa shape index (κ1) is 21.6. The second-order valence-electron chi connectivity index (χ2n) is 7.59. The van der Waals surface area contributed by atoms with Crippen molar-refractivity contribution in [1.29, 1.82) is 0 Å². The maximum Gasteiger partial charge on any atom is 0.256 e. The minimum Gasteiger partial charge on any atom is -0.369 e. The summed E-state index contributed by atoms with van der Waals surface area (Å²) in [7, 11) is 0. The number of nitrogens with zero attached hydrogens (tertiary/aromatic N) is 4. The first-order valence-corrected chi connectivity index (χ1v) is 10.4. The number of likely N-dealkylation sites (N-methyl/N-ethyl adjacent to an activating group) is 1. The van der Waals surface area contributed by atoms with Crippen molar-refractivity contribution in [3.05, 3.63) is 83.4 Å². The van der Waals surface area contributed by atoms with Crippen molar-refractivity contribution in [2.75, 3.05) is 13.1 Å². The summed E-state index contributed by atoms with van der Waals surface area (Å²) in [6.07, 6.45) is 1.90. The van der Waals surface area contributed by atoms with Gasteiger partial charge in [0, 0.05) is 42.7 Å². The summed E-state index contributed by atoms with van der Waals surface area (Å²) in [5, 5.41) is 10.6. The molecule has 0 fully saturated rings. The summed E-state index contributed by atoms with van der Waals surface area (Å²) < 4.78 is 14.7. The van der Waals surface area contributed by atoms with Crippen molar-refractivity contribution in [3.63, 3.8) is 0 Å². The third kappa shape index (κ3) is 3.73. The van der Waals surface area contributed by atoms with E-state index in [-0.39, 0.29) is 29.4 Å². The predicted octanol–water partition coefficient (Wildman–Crippen LogP) is 3.28. The number of benzene rings is 2. The minimum absolute atomic E-state index is 0.0356. The molecule has 8 heteroatoms. The van der Waals surface area contributed by atoms with Crippen molar-refractivity contribution in [2.45, 2.75) is 26.1 Å². The zero-order chi connectivity index (χ0) is 22.8. The molecule has 32 heavy (non-hydrogen) atoms. The molecule has 1 aliphatic heterocycles. The van der Waals surface area contributed by atoms with Crippen LogP contribution in [0.25, 0.3) is 11.4 Å². The lowest BCUT2D eigenvalue weighted by atomic mass is 10.0. The average molecular weight is 434 g/mol. The number of aromatic nitrogens is 2. The van der Waals surface area contributed by atoms with E-state index < -0.39 is 24.0 Å². The number of carbonyl (C=O) groups excluding carboxylic acids is 2. The topological polar surface area (TPSA) is 86.6 Å². The van der Waals surface area contributed by atoms with E-state index >= 15 is 0 Å². The Morgan fingerprint density at radius 1 is 1.16 bits per heavy atom. The molecule has 1 N–H and O–H groups in total. The van der Waals surface area contributed by atoms with Crippen LogP contribution in [0.3, 0.4) is 0 Å². The lowest BCUT2D eigenvalue weighted by molar-refractivity contribution is 0.00599. The summed E-state index contributed by atoms with van der Waals surface area (Å²) >= 11 is 0. The van der Waals surface area contributed by atoms with Crippen LogP contribution in [0.1, 0.15) is 46.4 Å². The van der Waals surface area contributed by atoms with Crippen LogP contribution in [0.4, 0.5) is 4.39 Å². The van der Waals surface area contributed by atoms with E-state index in [9.17, 15) is 19.1 Å². The number of rotatable bonds is 6. The monoisotopic (exact) mass is 434 g/mol. The smallest absolute Gasteiger partial charge is 0.256 e. The van der Waals surface area contributed by atoms with Crippen LogP contribution in [0.15, 0.2) is 60.9 Å². The molecule has 2 aromatic carbocycles. The summed E-state index contributed by atoms with van der Waals surface area (Å²) in [5.74, 6) is -1.15. The van der Waals surface area contributed by atoms with Crippen molar-refractivity contribution < 1.29 is 19.1 Å². The highest BCUT2D eigenvalue weighted by Crippen LogP contribution is 2.32. The number of aliphatic hydroxyl groups is 1. The van der Waals surface area contributed by atoms with Crippen LogP contribution >= 0.6 is 0 Å². The van der Waals surface area contributed by atoms with Crippen LogP contribution in [-0.2, 0) is 0 Å². The third-order valence-electron chi connectivity index (χ3n) is 5.65. The molecule has 0 aliphatic carbocycles. The summed E-state index contributed by atoms with van der Waals surface area (Å²) in [4.78, 5) is 37.3. The zero-order valence-electron chi connectivity index (χ0n) is 17.8. The third-order valence-corrected chi connectivity index (χ3v) is 5.65. The maximum atomic E-state index is 14.7. The summed E-state index contributed by atoms with van der Waals surface area (Å²) in [5.41, 5.74) is 1.18. The van der Waals surface area contributed by atoms with Crippen LogP contribution in [0, 0.1) is 5.82 Å². The van der Waals surface area contributed by atoms with E-state index in [0.29, 0.717) is 17.7 Å². The van der Waals surface area contributed by atoms with E-state index in [2.05, 4.69) is 9.97 Å². The lowest BCUT2D eigenvalue weighted by Crippen LogP contribution is -2.46. The van der Waals surface area contributed by atoms with Crippen LogP contribution < -0.4 is 0 Å². The quantitative estimate of drug-likeness (QED) is 0.644. The molecule has 2 amide bonds. The Labute approximate surface area is 185 Å². The fourth-order valence-electron chi connectivity index (χ4n) is 4.08. The lowest BCUT2D eigenvalue weighted by Gasteiger charge is -2.33. The molecule has 0 radical (unpaired) electrons. The molecule has 0 saturated carbocycles. The van der Waals surface area contributed by atoms with Gasteiger partial charge in [-0.2, -0.15) is 0 Å². The van der Waals surface area contributed by atoms with Gasteiger partial charge in [0.25, 0.3) is 11.8 Å². The number of aliphatic hydroxyl groups excluding tert-OH is 1. The van der Waals surface area contributed by atoms with Gasteiger partial charge in [-0.05, 0) is 38.1 Å². The molecular weight excluding hydrogens is 411 g/mol. The Kier molecular flexibility index (Phi) is 5.96. The molecule has 1 aliphatic rings. The minimum atomic E-state index is -1.07. The van der Waals surface area contributed by atoms with Gasteiger partial charge in [0.05, 0.1) is 11.1 Å². The van der Waals surface area contributed by atoms with E-state index in [0.717, 1.165) is 0 Å². The molecule has 1 unspecified atom stereocenters. The first-order valence-electron chi connectivity index (χ1n) is 10.4. The normalized spacial score (nSPS) is 16.1. The van der Waals surface area contributed by atoms with Gasteiger partial charge in [-0.25, -0.2) is 14.4 Å². The van der Waals surface area contributed by atoms with E-state index in [1.165, 1.54) is 35.5 Å².